The predicted octanol–water partition coefficient (Wildman–Crippen LogP) is 1.94. The topological polar surface area (TPSA) is 98.1 Å². The summed E-state index contributed by atoms with van der Waals surface area (Å²) in [6.07, 6.45) is 0. The molecule has 0 bridgehead atoms. The van der Waals surface area contributed by atoms with E-state index in [0.29, 0.717) is 11.1 Å². The van der Waals surface area contributed by atoms with E-state index in [1.54, 1.807) is 31.2 Å². The molecule has 1 unspecified atom stereocenters. The third-order valence-corrected chi connectivity index (χ3v) is 4.84. The minimum absolute atomic E-state index is 0.136. The second-order valence-electron chi connectivity index (χ2n) is 6.57. The zero-order valence-electron chi connectivity index (χ0n) is 14.8. The first-order chi connectivity index (χ1) is 12.9. The molecule has 0 aromatic heterocycles. The normalized spacial score (nSPS) is 19.6. The molecule has 27 heavy (non-hydrogen) atoms. The van der Waals surface area contributed by atoms with Gasteiger partial charge in [0.1, 0.15) is 12.1 Å². The fourth-order valence-corrected chi connectivity index (χ4v) is 3.28. The van der Waals surface area contributed by atoms with E-state index in [1.165, 1.54) is 4.90 Å². The smallest absolute Gasteiger partial charge is 0.328 e. The van der Waals surface area contributed by atoms with Gasteiger partial charge in [-0.1, -0.05) is 54.6 Å². The number of aliphatic carboxylic acids is 1. The lowest BCUT2D eigenvalue weighted by atomic mass is 9.89. The van der Waals surface area contributed by atoms with Gasteiger partial charge < -0.3 is 15.1 Å². The van der Waals surface area contributed by atoms with Crippen molar-refractivity contribution < 1.29 is 24.6 Å². The third kappa shape index (κ3) is 3.29. The van der Waals surface area contributed by atoms with Gasteiger partial charge in [0, 0.05) is 6.54 Å². The molecule has 7 nitrogen and oxygen atoms in total. The van der Waals surface area contributed by atoms with Crippen LogP contribution in [0.15, 0.2) is 54.6 Å². The maximum absolute atomic E-state index is 13.1. The summed E-state index contributed by atoms with van der Waals surface area (Å²) in [5.41, 5.74) is 0.725. The Labute approximate surface area is 156 Å². The Morgan fingerprint density at radius 3 is 2.19 bits per heavy atom. The van der Waals surface area contributed by atoms with Crippen LogP contribution in [-0.2, 0) is 28.3 Å². The molecule has 2 aromatic carbocycles. The molecule has 140 valence electrons. The maximum Gasteiger partial charge on any atom is 0.328 e. The van der Waals surface area contributed by atoms with Crippen LogP contribution < -0.4 is 0 Å². The molecule has 1 saturated heterocycles. The van der Waals surface area contributed by atoms with E-state index in [-0.39, 0.29) is 13.2 Å². The number of benzene rings is 2. The van der Waals surface area contributed by atoms with E-state index in [2.05, 4.69) is 0 Å². The number of hydrogen-bond donors (Lipinski definition) is 2. The Bertz CT molecular complexity index is 866. The van der Waals surface area contributed by atoms with Crippen molar-refractivity contribution in [2.24, 2.45) is 0 Å². The lowest BCUT2D eigenvalue weighted by Gasteiger charge is -2.32. The first-order valence-electron chi connectivity index (χ1n) is 8.47. The minimum Gasteiger partial charge on any atom is -0.480 e. The van der Waals surface area contributed by atoms with Crippen molar-refractivity contribution >= 4 is 17.9 Å². The zero-order chi connectivity index (χ0) is 19.6. The van der Waals surface area contributed by atoms with E-state index in [1.807, 2.05) is 30.3 Å². The molecule has 2 aromatic rings. The van der Waals surface area contributed by atoms with Crippen molar-refractivity contribution in [3.05, 3.63) is 71.3 Å². The summed E-state index contributed by atoms with van der Waals surface area (Å²) in [6.45, 7) is 0.960. The summed E-state index contributed by atoms with van der Waals surface area (Å²) in [7, 11) is 0. The summed E-state index contributed by atoms with van der Waals surface area (Å²) in [5.74, 6) is -1.83. The Hall–Kier alpha value is -3.19. The van der Waals surface area contributed by atoms with Crippen molar-refractivity contribution in [3.8, 4) is 0 Å². The number of carboxylic acid groups (broad SMARTS) is 1. The van der Waals surface area contributed by atoms with Crippen LogP contribution in [0.2, 0.25) is 0 Å². The van der Waals surface area contributed by atoms with Gasteiger partial charge in [-0.25, -0.2) is 4.79 Å². The largest absolute Gasteiger partial charge is 0.480 e. The van der Waals surface area contributed by atoms with Gasteiger partial charge in [-0.15, -0.1) is 0 Å². The number of carboxylic acids is 1. The predicted molar refractivity (Wildman–Crippen MR) is 96.4 cm³/mol. The molecule has 0 radical (unpaired) electrons. The van der Waals surface area contributed by atoms with Gasteiger partial charge in [0.15, 0.2) is 0 Å². The van der Waals surface area contributed by atoms with Crippen molar-refractivity contribution in [2.75, 3.05) is 6.54 Å². The highest BCUT2D eigenvalue weighted by atomic mass is 16.4. The summed E-state index contributed by atoms with van der Waals surface area (Å²) in [5, 5.41) is 18.3. The summed E-state index contributed by atoms with van der Waals surface area (Å²) in [6, 6.07) is 15.3. The molecular formula is C20H20N2O5. The van der Waals surface area contributed by atoms with Crippen LogP contribution in [0, 0.1) is 0 Å². The maximum atomic E-state index is 13.1. The van der Waals surface area contributed by atoms with Crippen molar-refractivity contribution in [2.45, 2.75) is 25.6 Å². The van der Waals surface area contributed by atoms with Gasteiger partial charge in [0.2, 0.25) is 0 Å². The van der Waals surface area contributed by atoms with Gasteiger partial charge in [-0.2, -0.15) is 0 Å². The Morgan fingerprint density at radius 2 is 1.63 bits per heavy atom. The molecule has 3 amide bonds. The Morgan fingerprint density at radius 1 is 1.00 bits per heavy atom. The van der Waals surface area contributed by atoms with E-state index in [4.69, 9.17) is 5.11 Å². The first kappa shape index (κ1) is 18.6. The molecule has 1 heterocycles. The van der Waals surface area contributed by atoms with Crippen molar-refractivity contribution in [3.63, 3.8) is 0 Å². The van der Waals surface area contributed by atoms with Crippen LogP contribution in [0.1, 0.15) is 23.6 Å². The van der Waals surface area contributed by atoms with Crippen LogP contribution in [0.5, 0.6) is 0 Å². The fourth-order valence-electron chi connectivity index (χ4n) is 3.28. The lowest BCUT2D eigenvalue weighted by Crippen LogP contribution is -2.44. The number of imide groups is 1. The average Bonchev–Trinajstić information content (AvgIpc) is 2.85. The quantitative estimate of drug-likeness (QED) is 0.760. The fraction of sp³-hybridized carbons (Fsp3) is 0.250. The van der Waals surface area contributed by atoms with Gasteiger partial charge in [0.25, 0.3) is 5.91 Å². The molecule has 1 aliphatic heterocycles. The lowest BCUT2D eigenvalue weighted by molar-refractivity contribution is -0.143. The van der Waals surface area contributed by atoms with Gasteiger partial charge in [-0.05, 0) is 23.6 Å². The highest BCUT2D eigenvalue weighted by Crippen LogP contribution is 2.38. The molecule has 0 aliphatic carbocycles. The monoisotopic (exact) mass is 368 g/mol. The molecule has 7 heteroatoms. The van der Waals surface area contributed by atoms with Gasteiger partial charge in [-0.3, -0.25) is 14.5 Å². The van der Waals surface area contributed by atoms with Crippen LogP contribution in [-0.4, -0.2) is 44.5 Å². The van der Waals surface area contributed by atoms with E-state index in [9.17, 15) is 19.5 Å². The Balaban J connectivity index is 2.05. The summed E-state index contributed by atoms with van der Waals surface area (Å²) in [4.78, 5) is 39.3. The molecule has 0 saturated carbocycles. The number of aliphatic hydroxyl groups excluding tert-OH is 1. The molecule has 1 atom stereocenters. The SMILES string of the molecule is CC1(c2ccc(CO)cc2)C(=O)N(CC(=O)O)C(=O)N1Cc1ccccc1. The van der Waals surface area contributed by atoms with Gasteiger partial charge in [0.05, 0.1) is 6.61 Å². The minimum atomic E-state index is -1.34. The van der Waals surface area contributed by atoms with Crippen molar-refractivity contribution in [1.82, 2.24) is 9.80 Å². The number of carbonyl (C=O) groups excluding carboxylic acids is 2. The number of amides is 3. The van der Waals surface area contributed by atoms with E-state index >= 15 is 0 Å². The summed E-state index contributed by atoms with van der Waals surface area (Å²) >= 11 is 0. The van der Waals surface area contributed by atoms with Crippen molar-refractivity contribution in [1.29, 1.82) is 0 Å². The number of urea groups is 1. The molecule has 1 fully saturated rings. The standard InChI is InChI=1S/C20H20N2O5/c1-20(16-9-7-15(13-23)8-10-16)18(26)21(12-17(24)25)19(27)22(20)11-14-5-3-2-4-6-14/h2-10,23H,11-13H2,1H3,(H,24,25). The Kier molecular flexibility index (Phi) is 4.96. The van der Waals surface area contributed by atoms with Crippen LogP contribution in [0.3, 0.4) is 0 Å². The highest BCUT2D eigenvalue weighted by molar-refractivity contribution is 6.08. The number of rotatable bonds is 6. The zero-order valence-corrected chi connectivity index (χ0v) is 14.8. The van der Waals surface area contributed by atoms with E-state index < -0.39 is 30.0 Å². The molecule has 1 aliphatic rings. The van der Waals surface area contributed by atoms with E-state index in [0.717, 1.165) is 10.5 Å². The molecule has 3 rings (SSSR count). The highest BCUT2D eigenvalue weighted by Gasteiger charge is 2.55. The van der Waals surface area contributed by atoms with Gasteiger partial charge >= 0.3 is 12.0 Å². The number of aliphatic hydroxyl groups is 1. The number of carbonyl (C=O) groups is 3. The third-order valence-electron chi connectivity index (χ3n) is 4.84. The van der Waals surface area contributed by atoms with Crippen LogP contribution in [0.25, 0.3) is 0 Å². The number of hydrogen-bond acceptors (Lipinski definition) is 4. The van der Waals surface area contributed by atoms with Crippen LogP contribution >= 0.6 is 0 Å². The average molecular weight is 368 g/mol. The molecule has 0 spiro atoms. The molecular weight excluding hydrogens is 348 g/mol. The summed E-state index contributed by atoms with van der Waals surface area (Å²) < 4.78 is 0. The van der Waals surface area contributed by atoms with Crippen LogP contribution in [0.4, 0.5) is 4.79 Å². The molecule has 2 N–H and O–H groups in total. The second-order valence-corrected chi connectivity index (χ2v) is 6.57. The first-order valence-corrected chi connectivity index (χ1v) is 8.47. The number of nitrogens with zero attached hydrogens (tertiary/aromatic N) is 2. The second kappa shape index (κ2) is 7.20.